The van der Waals surface area contributed by atoms with Gasteiger partial charge >= 0.3 is 0 Å². The van der Waals surface area contributed by atoms with Crippen molar-refractivity contribution in [3.05, 3.63) is 22.4 Å². The number of carbonyl (C=O) groups excluding carboxylic acids is 1. The van der Waals surface area contributed by atoms with Crippen molar-refractivity contribution in [2.45, 2.75) is 25.7 Å². The summed E-state index contributed by atoms with van der Waals surface area (Å²) in [5.74, 6) is 0.875. The number of ketones is 1. The van der Waals surface area contributed by atoms with E-state index < -0.39 is 0 Å². The van der Waals surface area contributed by atoms with Gasteiger partial charge in [-0.15, -0.1) is 11.3 Å². The van der Waals surface area contributed by atoms with Crippen LogP contribution in [0.2, 0.25) is 0 Å². The number of thiophene rings is 1. The predicted molar refractivity (Wildman–Crippen MR) is 61.2 cm³/mol. The van der Waals surface area contributed by atoms with E-state index in [1.165, 1.54) is 4.88 Å². The Bertz CT molecular complexity index is 299. The number of aryl methyl sites for hydroxylation is 1. The van der Waals surface area contributed by atoms with Gasteiger partial charge in [0.2, 0.25) is 0 Å². The monoisotopic (exact) mass is 224 g/mol. The standard InChI is InChI=1S/C12H16O2S/c13-11(8-10-5-6-14-9-10)3-4-12-2-1-7-15-12/h1-2,7,10H,3-6,8-9H2. The van der Waals surface area contributed by atoms with E-state index in [-0.39, 0.29) is 0 Å². The van der Waals surface area contributed by atoms with Gasteiger partial charge in [0, 0.05) is 30.9 Å². The molecule has 2 rings (SSSR count). The smallest absolute Gasteiger partial charge is 0.133 e. The maximum absolute atomic E-state index is 11.6. The van der Waals surface area contributed by atoms with E-state index in [4.69, 9.17) is 4.74 Å². The Kier molecular flexibility index (Phi) is 3.92. The fourth-order valence-corrected chi connectivity index (χ4v) is 2.59. The highest BCUT2D eigenvalue weighted by molar-refractivity contribution is 7.09. The molecule has 82 valence electrons. The molecule has 1 aromatic heterocycles. The number of Topliss-reactive ketones (excluding diaryl/α,β-unsaturated/α-hetero) is 1. The maximum Gasteiger partial charge on any atom is 0.133 e. The Hall–Kier alpha value is -0.670. The molecule has 1 saturated heterocycles. The van der Waals surface area contributed by atoms with Gasteiger partial charge in [0.1, 0.15) is 5.78 Å². The van der Waals surface area contributed by atoms with Crippen molar-refractivity contribution in [1.82, 2.24) is 0 Å². The molecule has 2 nitrogen and oxygen atoms in total. The van der Waals surface area contributed by atoms with E-state index in [9.17, 15) is 4.79 Å². The third-order valence-electron chi connectivity index (χ3n) is 2.77. The van der Waals surface area contributed by atoms with Crippen molar-refractivity contribution in [2.24, 2.45) is 5.92 Å². The number of hydrogen-bond donors (Lipinski definition) is 0. The molecule has 1 aliphatic heterocycles. The van der Waals surface area contributed by atoms with Crippen molar-refractivity contribution in [1.29, 1.82) is 0 Å². The van der Waals surface area contributed by atoms with Gasteiger partial charge < -0.3 is 4.74 Å². The van der Waals surface area contributed by atoms with Crippen LogP contribution >= 0.6 is 11.3 Å². The van der Waals surface area contributed by atoms with E-state index in [1.807, 2.05) is 6.07 Å². The molecule has 0 amide bonds. The molecule has 0 radical (unpaired) electrons. The predicted octanol–water partition coefficient (Wildman–Crippen LogP) is 2.68. The summed E-state index contributed by atoms with van der Waals surface area (Å²) in [4.78, 5) is 13.0. The van der Waals surface area contributed by atoms with Gasteiger partial charge in [-0.2, -0.15) is 0 Å². The molecule has 0 N–H and O–H groups in total. The van der Waals surface area contributed by atoms with E-state index in [0.717, 1.165) is 26.1 Å². The maximum atomic E-state index is 11.6. The number of hydrogen-bond acceptors (Lipinski definition) is 3. The lowest BCUT2D eigenvalue weighted by Crippen LogP contribution is -2.08. The quantitative estimate of drug-likeness (QED) is 0.768. The number of carbonyl (C=O) groups is 1. The molecule has 0 saturated carbocycles. The van der Waals surface area contributed by atoms with Crippen LogP contribution in [-0.4, -0.2) is 19.0 Å². The van der Waals surface area contributed by atoms with Gasteiger partial charge in [0.05, 0.1) is 0 Å². The van der Waals surface area contributed by atoms with Crippen molar-refractivity contribution >= 4 is 17.1 Å². The van der Waals surface area contributed by atoms with Gasteiger partial charge in [0.15, 0.2) is 0 Å². The van der Waals surface area contributed by atoms with E-state index in [1.54, 1.807) is 11.3 Å². The molecule has 1 aliphatic rings. The van der Waals surface area contributed by atoms with Crippen LogP contribution in [0.15, 0.2) is 17.5 Å². The summed E-state index contributed by atoms with van der Waals surface area (Å²) in [6, 6.07) is 4.13. The Morgan fingerprint density at radius 3 is 3.20 bits per heavy atom. The molecular weight excluding hydrogens is 208 g/mol. The summed E-state index contributed by atoms with van der Waals surface area (Å²) in [6.07, 6.45) is 3.37. The van der Waals surface area contributed by atoms with E-state index in [2.05, 4.69) is 11.4 Å². The molecule has 1 unspecified atom stereocenters. The van der Waals surface area contributed by atoms with Crippen LogP contribution in [0.5, 0.6) is 0 Å². The van der Waals surface area contributed by atoms with Crippen molar-refractivity contribution in [3.63, 3.8) is 0 Å². The molecule has 0 bridgehead atoms. The first-order chi connectivity index (χ1) is 7.34. The van der Waals surface area contributed by atoms with Gasteiger partial charge in [-0.1, -0.05) is 6.07 Å². The fraction of sp³-hybridized carbons (Fsp3) is 0.583. The van der Waals surface area contributed by atoms with E-state index >= 15 is 0 Å². The van der Waals surface area contributed by atoms with Crippen LogP contribution < -0.4 is 0 Å². The van der Waals surface area contributed by atoms with Gasteiger partial charge in [0.25, 0.3) is 0 Å². The zero-order valence-electron chi connectivity index (χ0n) is 8.78. The fourth-order valence-electron chi connectivity index (χ4n) is 1.89. The first-order valence-corrected chi connectivity index (χ1v) is 6.34. The van der Waals surface area contributed by atoms with Crippen LogP contribution in [0, 0.1) is 5.92 Å². The topological polar surface area (TPSA) is 26.3 Å². The average Bonchev–Trinajstić information content (AvgIpc) is 2.86. The minimum Gasteiger partial charge on any atom is -0.381 e. The minimum absolute atomic E-state index is 0.388. The molecule has 1 atom stereocenters. The van der Waals surface area contributed by atoms with Gasteiger partial charge in [-0.05, 0) is 30.2 Å². The first kappa shape index (κ1) is 10.8. The van der Waals surface area contributed by atoms with Crippen LogP contribution in [0.25, 0.3) is 0 Å². The van der Waals surface area contributed by atoms with Crippen LogP contribution in [-0.2, 0) is 16.0 Å². The lowest BCUT2D eigenvalue weighted by molar-refractivity contribution is -0.119. The first-order valence-electron chi connectivity index (χ1n) is 5.46. The largest absolute Gasteiger partial charge is 0.381 e. The summed E-state index contributed by atoms with van der Waals surface area (Å²) in [6.45, 7) is 1.62. The summed E-state index contributed by atoms with van der Waals surface area (Å²) in [7, 11) is 0. The average molecular weight is 224 g/mol. The summed E-state index contributed by atoms with van der Waals surface area (Å²) in [5, 5.41) is 2.06. The molecule has 15 heavy (non-hydrogen) atoms. The molecule has 3 heteroatoms. The molecule has 1 aromatic rings. The molecule has 0 spiro atoms. The second kappa shape index (κ2) is 5.42. The summed E-state index contributed by atoms with van der Waals surface area (Å²) >= 11 is 1.73. The molecular formula is C12H16O2S. The van der Waals surface area contributed by atoms with Gasteiger partial charge in [-0.3, -0.25) is 4.79 Å². The van der Waals surface area contributed by atoms with Crippen LogP contribution in [0.4, 0.5) is 0 Å². The Balaban J connectivity index is 1.68. The van der Waals surface area contributed by atoms with Crippen LogP contribution in [0.3, 0.4) is 0 Å². The molecule has 2 heterocycles. The zero-order valence-corrected chi connectivity index (χ0v) is 9.59. The van der Waals surface area contributed by atoms with E-state index in [0.29, 0.717) is 24.5 Å². The third-order valence-corrected chi connectivity index (χ3v) is 3.71. The van der Waals surface area contributed by atoms with Crippen molar-refractivity contribution in [2.75, 3.05) is 13.2 Å². The normalized spacial score (nSPS) is 20.7. The Morgan fingerprint density at radius 2 is 2.53 bits per heavy atom. The Morgan fingerprint density at radius 1 is 1.60 bits per heavy atom. The van der Waals surface area contributed by atoms with Crippen molar-refractivity contribution in [3.8, 4) is 0 Å². The highest BCUT2D eigenvalue weighted by atomic mass is 32.1. The highest BCUT2D eigenvalue weighted by Crippen LogP contribution is 2.18. The van der Waals surface area contributed by atoms with Crippen LogP contribution in [0.1, 0.15) is 24.1 Å². The number of ether oxygens (including phenoxy) is 1. The number of rotatable bonds is 5. The SMILES string of the molecule is O=C(CCc1cccs1)CC1CCOC1. The lowest BCUT2D eigenvalue weighted by atomic mass is 9.99. The molecule has 1 fully saturated rings. The third kappa shape index (κ3) is 3.43. The minimum atomic E-state index is 0.388. The molecule has 0 aliphatic carbocycles. The lowest BCUT2D eigenvalue weighted by Gasteiger charge is -2.05. The zero-order chi connectivity index (χ0) is 10.5. The highest BCUT2D eigenvalue weighted by Gasteiger charge is 2.18. The second-order valence-electron chi connectivity index (χ2n) is 4.05. The summed E-state index contributed by atoms with van der Waals surface area (Å²) in [5.41, 5.74) is 0. The van der Waals surface area contributed by atoms with Gasteiger partial charge in [-0.25, -0.2) is 0 Å². The van der Waals surface area contributed by atoms with Crippen molar-refractivity contribution < 1.29 is 9.53 Å². The molecule has 0 aromatic carbocycles. The Labute approximate surface area is 94.3 Å². The summed E-state index contributed by atoms with van der Waals surface area (Å²) < 4.78 is 5.26. The second-order valence-corrected chi connectivity index (χ2v) is 5.08.